The Labute approximate surface area is 132 Å². The first kappa shape index (κ1) is 16.6. The maximum atomic E-state index is 12.4. The number of hydrogen-bond acceptors (Lipinski definition) is 3. The first-order chi connectivity index (χ1) is 10.5. The molecule has 0 saturated carbocycles. The average Bonchev–Trinajstić information content (AvgIpc) is 2.54. The van der Waals surface area contributed by atoms with Crippen LogP contribution in [0.15, 0.2) is 30.3 Å². The molecule has 1 N–H and O–H groups in total. The van der Waals surface area contributed by atoms with E-state index >= 15 is 0 Å². The molecule has 120 valence electrons. The van der Waals surface area contributed by atoms with E-state index in [0.29, 0.717) is 6.54 Å². The highest BCUT2D eigenvalue weighted by Crippen LogP contribution is 2.22. The largest absolute Gasteiger partial charge is 0.497 e. The fraction of sp³-hybridized carbons (Fsp3) is 0.500. The number of nitrogens with zero attached hydrogens (tertiary/aromatic N) is 1. The van der Waals surface area contributed by atoms with Crippen molar-refractivity contribution in [2.24, 2.45) is 5.92 Å². The van der Waals surface area contributed by atoms with Crippen LogP contribution in [-0.2, 0) is 4.79 Å². The van der Waals surface area contributed by atoms with E-state index in [1.165, 1.54) is 0 Å². The van der Waals surface area contributed by atoms with Gasteiger partial charge in [-0.2, -0.15) is 0 Å². The van der Waals surface area contributed by atoms with Gasteiger partial charge in [-0.05, 0) is 50.0 Å². The van der Waals surface area contributed by atoms with Crippen LogP contribution in [0.3, 0.4) is 0 Å². The Balaban J connectivity index is 2.05. The second kappa shape index (κ2) is 7.45. The van der Waals surface area contributed by atoms with Crippen LogP contribution in [-0.4, -0.2) is 42.2 Å². The fourth-order valence-electron chi connectivity index (χ4n) is 2.82. The number of aliphatic hydroxyl groups excluding tert-OH is 1. The molecular weight excluding hydrogens is 278 g/mol. The summed E-state index contributed by atoms with van der Waals surface area (Å²) in [5, 5.41) is 9.72. The lowest BCUT2D eigenvalue weighted by Gasteiger charge is -2.33. The van der Waals surface area contributed by atoms with Crippen molar-refractivity contribution in [3.8, 4) is 5.75 Å². The lowest BCUT2D eigenvalue weighted by molar-refractivity contribution is -0.128. The van der Waals surface area contributed by atoms with Crippen molar-refractivity contribution < 1.29 is 14.6 Å². The Morgan fingerprint density at radius 1 is 1.41 bits per heavy atom. The third kappa shape index (κ3) is 4.10. The van der Waals surface area contributed by atoms with E-state index < -0.39 is 0 Å². The number of carbonyl (C=O) groups is 1. The predicted molar refractivity (Wildman–Crippen MR) is 87.6 cm³/mol. The van der Waals surface area contributed by atoms with Gasteiger partial charge in [-0.25, -0.2) is 0 Å². The maximum absolute atomic E-state index is 12.4. The van der Waals surface area contributed by atoms with Crippen molar-refractivity contribution in [1.29, 1.82) is 0 Å². The Morgan fingerprint density at radius 3 is 2.68 bits per heavy atom. The zero-order chi connectivity index (χ0) is 16.1. The van der Waals surface area contributed by atoms with Crippen molar-refractivity contribution in [3.05, 3.63) is 35.9 Å². The Kier molecular flexibility index (Phi) is 5.61. The summed E-state index contributed by atoms with van der Waals surface area (Å²) in [6.07, 6.45) is 3.27. The summed E-state index contributed by atoms with van der Waals surface area (Å²) >= 11 is 0. The Hall–Kier alpha value is -1.81. The van der Waals surface area contributed by atoms with Gasteiger partial charge in [-0.3, -0.25) is 4.79 Å². The van der Waals surface area contributed by atoms with E-state index in [1.807, 2.05) is 36.1 Å². The molecule has 4 heteroatoms. The molecular formula is C18H25NO3. The number of allylic oxidation sites excluding steroid dienone is 1. The number of carbonyl (C=O) groups excluding carboxylic acids is 1. The van der Waals surface area contributed by atoms with Crippen molar-refractivity contribution >= 4 is 11.5 Å². The summed E-state index contributed by atoms with van der Waals surface area (Å²) in [4.78, 5) is 14.3. The van der Waals surface area contributed by atoms with Crippen LogP contribution in [0.5, 0.6) is 5.75 Å². The van der Waals surface area contributed by atoms with Gasteiger partial charge >= 0.3 is 0 Å². The lowest BCUT2D eigenvalue weighted by Crippen LogP contribution is -2.42. The SMILES string of the molecule is COc1ccc(/C(C)=C/C(=O)N2CCCC(C(C)O)C2)cc1. The number of benzene rings is 1. The van der Waals surface area contributed by atoms with Gasteiger partial charge in [0.1, 0.15) is 5.75 Å². The molecule has 2 unspecified atom stereocenters. The van der Waals surface area contributed by atoms with Crippen LogP contribution in [0.1, 0.15) is 32.3 Å². The highest BCUT2D eigenvalue weighted by molar-refractivity contribution is 5.95. The highest BCUT2D eigenvalue weighted by Gasteiger charge is 2.25. The first-order valence-electron chi connectivity index (χ1n) is 7.81. The van der Waals surface area contributed by atoms with Crippen LogP contribution >= 0.6 is 0 Å². The molecule has 0 bridgehead atoms. The second-order valence-electron chi connectivity index (χ2n) is 5.98. The van der Waals surface area contributed by atoms with Crippen LogP contribution in [0, 0.1) is 5.92 Å². The molecule has 0 radical (unpaired) electrons. The average molecular weight is 303 g/mol. The maximum Gasteiger partial charge on any atom is 0.246 e. The molecule has 1 amide bonds. The topological polar surface area (TPSA) is 49.8 Å². The molecule has 1 fully saturated rings. The van der Waals surface area contributed by atoms with Crippen LogP contribution < -0.4 is 4.74 Å². The van der Waals surface area contributed by atoms with Crippen LogP contribution in [0.25, 0.3) is 5.57 Å². The Morgan fingerprint density at radius 2 is 2.09 bits per heavy atom. The van der Waals surface area contributed by atoms with Crippen LogP contribution in [0.4, 0.5) is 0 Å². The van der Waals surface area contributed by atoms with Crippen LogP contribution in [0.2, 0.25) is 0 Å². The molecule has 2 atom stereocenters. The fourth-order valence-corrected chi connectivity index (χ4v) is 2.82. The van der Waals surface area contributed by atoms with Crippen molar-refractivity contribution in [2.45, 2.75) is 32.8 Å². The van der Waals surface area contributed by atoms with Gasteiger partial charge < -0.3 is 14.7 Å². The molecule has 1 aromatic rings. The van der Waals surface area contributed by atoms with Gasteiger partial charge in [0.2, 0.25) is 5.91 Å². The van der Waals surface area contributed by atoms with Gasteiger partial charge in [-0.1, -0.05) is 12.1 Å². The summed E-state index contributed by atoms with van der Waals surface area (Å²) in [5.74, 6) is 1.02. The Bertz CT molecular complexity index is 534. The summed E-state index contributed by atoms with van der Waals surface area (Å²) in [6.45, 7) is 5.16. The molecule has 1 heterocycles. The highest BCUT2D eigenvalue weighted by atomic mass is 16.5. The van der Waals surface area contributed by atoms with E-state index in [2.05, 4.69) is 0 Å². The molecule has 1 saturated heterocycles. The van der Waals surface area contributed by atoms with E-state index in [1.54, 1.807) is 20.1 Å². The molecule has 22 heavy (non-hydrogen) atoms. The third-order valence-electron chi connectivity index (χ3n) is 4.34. The van der Waals surface area contributed by atoms with Crippen molar-refractivity contribution in [2.75, 3.05) is 20.2 Å². The normalized spacial score (nSPS) is 20.6. The smallest absolute Gasteiger partial charge is 0.246 e. The summed E-state index contributed by atoms with van der Waals surface area (Å²) < 4.78 is 5.14. The zero-order valence-corrected chi connectivity index (χ0v) is 13.6. The second-order valence-corrected chi connectivity index (χ2v) is 5.98. The lowest BCUT2D eigenvalue weighted by atomic mass is 9.93. The van der Waals surface area contributed by atoms with Crippen molar-refractivity contribution in [3.63, 3.8) is 0 Å². The predicted octanol–water partition coefficient (Wildman–Crippen LogP) is 2.72. The zero-order valence-electron chi connectivity index (χ0n) is 13.6. The number of piperidine rings is 1. The van der Waals surface area contributed by atoms with E-state index in [0.717, 1.165) is 36.3 Å². The molecule has 0 spiro atoms. The number of likely N-dealkylation sites (tertiary alicyclic amines) is 1. The van der Waals surface area contributed by atoms with Crippen molar-refractivity contribution in [1.82, 2.24) is 4.90 Å². The summed E-state index contributed by atoms with van der Waals surface area (Å²) in [7, 11) is 1.64. The van der Waals surface area contributed by atoms with E-state index in [4.69, 9.17) is 4.74 Å². The summed E-state index contributed by atoms with van der Waals surface area (Å²) in [6, 6.07) is 7.68. The molecule has 0 aromatic heterocycles. The van der Waals surface area contributed by atoms with Gasteiger partial charge in [0.25, 0.3) is 0 Å². The van der Waals surface area contributed by atoms with Gasteiger partial charge in [0.15, 0.2) is 0 Å². The minimum Gasteiger partial charge on any atom is -0.497 e. The minimum absolute atomic E-state index is 0.0265. The van der Waals surface area contributed by atoms with E-state index in [9.17, 15) is 9.90 Å². The number of aliphatic hydroxyl groups is 1. The van der Waals surface area contributed by atoms with Gasteiger partial charge in [0, 0.05) is 25.1 Å². The minimum atomic E-state index is -0.359. The molecule has 2 rings (SSSR count). The molecule has 4 nitrogen and oxygen atoms in total. The molecule has 0 aliphatic carbocycles. The molecule has 1 aromatic carbocycles. The van der Waals surface area contributed by atoms with E-state index in [-0.39, 0.29) is 17.9 Å². The number of amides is 1. The van der Waals surface area contributed by atoms with Gasteiger partial charge in [-0.15, -0.1) is 0 Å². The monoisotopic (exact) mass is 303 g/mol. The first-order valence-corrected chi connectivity index (χ1v) is 7.81. The van der Waals surface area contributed by atoms with Gasteiger partial charge in [0.05, 0.1) is 13.2 Å². The number of methoxy groups -OCH3 is 1. The molecule has 1 aliphatic heterocycles. The standard InChI is InChI=1S/C18H25NO3/c1-13(15-6-8-17(22-3)9-7-15)11-18(21)19-10-4-5-16(12-19)14(2)20/h6-9,11,14,16,20H,4-5,10,12H2,1-3H3/b13-11+. The summed E-state index contributed by atoms with van der Waals surface area (Å²) in [5.41, 5.74) is 1.95. The third-order valence-corrected chi connectivity index (χ3v) is 4.34. The quantitative estimate of drug-likeness (QED) is 0.870. The molecule has 1 aliphatic rings. The number of hydrogen-bond donors (Lipinski definition) is 1. The number of rotatable bonds is 4. The number of ether oxygens (including phenoxy) is 1.